The molecule has 0 radical (unpaired) electrons. The van der Waals surface area contributed by atoms with Gasteiger partial charge in [-0.05, 0) is 35.4 Å². The van der Waals surface area contributed by atoms with Gasteiger partial charge in [0.2, 0.25) is 0 Å². The van der Waals surface area contributed by atoms with Crippen LogP contribution in [0.3, 0.4) is 0 Å². The van der Waals surface area contributed by atoms with E-state index in [0.29, 0.717) is 5.56 Å². The van der Waals surface area contributed by atoms with E-state index in [9.17, 15) is 4.79 Å². The molecule has 0 spiro atoms. The summed E-state index contributed by atoms with van der Waals surface area (Å²) in [5, 5.41) is 7.45. The van der Waals surface area contributed by atoms with Crippen LogP contribution in [-0.4, -0.2) is 38.0 Å². The van der Waals surface area contributed by atoms with E-state index >= 15 is 0 Å². The van der Waals surface area contributed by atoms with E-state index in [-0.39, 0.29) is 11.9 Å². The highest BCUT2D eigenvalue weighted by Crippen LogP contribution is 2.27. The third-order valence-corrected chi connectivity index (χ3v) is 5.71. The molecule has 0 saturated heterocycles. The SMILES string of the molecule is CN(C(=O)c1ccc(CSc2ncn[nH]2)cc1)C(c1ccccc1)c1ccccn1. The van der Waals surface area contributed by atoms with Crippen molar-refractivity contribution in [3.05, 3.63) is 108 Å². The topological polar surface area (TPSA) is 74.8 Å². The number of carbonyl (C=O) groups is 1. The zero-order valence-corrected chi connectivity index (χ0v) is 17.3. The minimum Gasteiger partial charge on any atom is -0.329 e. The fourth-order valence-corrected chi connectivity index (χ4v) is 3.98. The van der Waals surface area contributed by atoms with Crippen molar-refractivity contribution in [3.8, 4) is 0 Å². The highest BCUT2D eigenvalue weighted by molar-refractivity contribution is 7.98. The molecule has 0 aliphatic heterocycles. The van der Waals surface area contributed by atoms with E-state index in [0.717, 1.165) is 27.7 Å². The number of aromatic amines is 1. The molecule has 1 atom stereocenters. The molecule has 1 N–H and O–H groups in total. The van der Waals surface area contributed by atoms with Gasteiger partial charge < -0.3 is 4.90 Å². The van der Waals surface area contributed by atoms with Crippen molar-refractivity contribution >= 4 is 17.7 Å². The maximum absolute atomic E-state index is 13.3. The van der Waals surface area contributed by atoms with Crippen LogP contribution in [0, 0.1) is 0 Å². The first-order chi connectivity index (χ1) is 14.7. The van der Waals surface area contributed by atoms with Gasteiger partial charge >= 0.3 is 0 Å². The summed E-state index contributed by atoms with van der Waals surface area (Å²) in [7, 11) is 1.82. The molecular weight excluding hydrogens is 394 g/mol. The number of hydrogen-bond acceptors (Lipinski definition) is 5. The van der Waals surface area contributed by atoms with Crippen LogP contribution in [0.15, 0.2) is 90.5 Å². The zero-order valence-electron chi connectivity index (χ0n) is 16.5. The van der Waals surface area contributed by atoms with Crippen LogP contribution in [0.5, 0.6) is 0 Å². The summed E-state index contributed by atoms with van der Waals surface area (Å²) in [4.78, 5) is 23.6. The summed E-state index contributed by atoms with van der Waals surface area (Å²) in [5.41, 5.74) is 3.61. The Morgan fingerprint density at radius 1 is 1.00 bits per heavy atom. The average Bonchev–Trinajstić information content (AvgIpc) is 3.33. The van der Waals surface area contributed by atoms with E-state index in [4.69, 9.17) is 0 Å². The quantitative estimate of drug-likeness (QED) is 0.454. The molecule has 2 heterocycles. The number of carbonyl (C=O) groups excluding carboxylic acids is 1. The van der Waals surface area contributed by atoms with Gasteiger partial charge in [0.15, 0.2) is 5.16 Å². The number of rotatable bonds is 7. The molecule has 0 saturated carbocycles. The first-order valence-electron chi connectivity index (χ1n) is 9.52. The third kappa shape index (κ3) is 4.58. The van der Waals surface area contributed by atoms with Crippen molar-refractivity contribution in [2.24, 2.45) is 0 Å². The second-order valence-electron chi connectivity index (χ2n) is 6.76. The molecule has 0 aliphatic carbocycles. The molecule has 4 rings (SSSR count). The molecule has 1 amide bonds. The number of nitrogens with one attached hydrogen (secondary N) is 1. The smallest absolute Gasteiger partial charge is 0.254 e. The Hall–Kier alpha value is -3.45. The zero-order chi connectivity index (χ0) is 20.8. The summed E-state index contributed by atoms with van der Waals surface area (Å²) in [6.07, 6.45) is 3.25. The number of H-pyrrole nitrogens is 1. The lowest BCUT2D eigenvalue weighted by Crippen LogP contribution is -2.32. The predicted octanol–water partition coefficient (Wildman–Crippen LogP) is 4.35. The molecule has 0 aliphatic rings. The van der Waals surface area contributed by atoms with E-state index in [1.807, 2.05) is 79.8 Å². The Balaban J connectivity index is 1.53. The Morgan fingerprint density at radius 3 is 2.43 bits per heavy atom. The van der Waals surface area contributed by atoms with Crippen LogP contribution in [0.1, 0.15) is 33.2 Å². The lowest BCUT2D eigenvalue weighted by molar-refractivity contribution is 0.0752. The summed E-state index contributed by atoms with van der Waals surface area (Å²) >= 11 is 1.57. The minimum absolute atomic E-state index is 0.0519. The van der Waals surface area contributed by atoms with Gasteiger partial charge in [0.1, 0.15) is 6.33 Å². The number of thioether (sulfide) groups is 1. The van der Waals surface area contributed by atoms with Crippen molar-refractivity contribution in [1.29, 1.82) is 0 Å². The molecule has 2 aromatic carbocycles. The summed E-state index contributed by atoms with van der Waals surface area (Å²) in [5.74, 6) is 0.698. The van der Waals surface area contributed by atoms with E-state index in [1.165, 1.54) is 6.33 Å². The van der Waals surface area contributed by atoms with Gasteiger partial charge in [-0.25, -0.2) is 4.98 Å². The second kappa shape index (κ2) is 9.37. The summed E-state index contributed by atoms with van der Waals surface area (Å²) < 4.78 is 0. The number of aromatic nitrogens is 4. The first-order valence-corrected chi connectivity index (χ1v) is 10.5. The van der Waals surface area contributed by atoms with Crippen molar-refractivity contribution in [1.82, 2.24) is 25.1 Å². The van der Waals surface area contributed by atoms with E-state index in [2.05, 4.69) is 20.2 Å². The third-order valence-electron chi connectivity index (χ3n) is 4.76. The second-order valence-corrected chi connectivity index (χ2v) is 7.72. The maximum atomic E-state index is 13.3. The normalized spacial score (nSPS) is 11.8. The lowest BCUT2D eigenvalue weighted by atomic mass is 10.0. The van der Waals surface area contributed by atoms with Crippen LogP contribution >= 0.6 is 11.8 Å². The molecule has 1 unspecified atom stereocenters. The van der Waals surface area contributed by atoms with Crippen LogP contribution < -0.4 is 0 Å². The number of hydrogen-bond donors (Lipinski definition) is 1. The monoisotopic (exact) mass is 415 g/mol. The first kappa shape index (κ1) is 19.8. The summed E-state index contributed by atoms with van der Waals surface area (Å²) in [6, 6.07) is 23.2. The molecule has 0 fully saturated rings. The predicted molar refractivity (Wildman–Crippen MR) is 117 cm³/mol. The highest BCUT2D eigenvalue weighted by Gasteiger charge is 2.25. The molecule has 150 valence electrons. The largest absolute Gasteiger partial charge is 0.329 e. The maximum Gasteiger partial charge on any atom is 0.254 e. The fraction of sp³-hybridized carbons (Fsp3) is 0.130. The molecule has 30 heavy (non-hydrogen) atoms. The number of nitrogens with zero attached hydrogens (tertiary/aromatic N) is 4. The standard InChI is InChI=1S/C23H21N5OS/c1-28(21(18-7-3-2-4-8-18)20-9-5-6-14-24-20)22(29)19-12-10-17(11-13-19)15-30-23-25-16-26-27-23/h2-14,16,21H,15H2,1H3,(H,25,26,27). The van der Waals surface area contributed by atoms with Crippen LogP contribution in [0.25, 0.3) is 0 Å². The highest BCUT2D eigenvalue weighted by atomic mass is 32.2. The number of benzene rings is 2. The number of amides is 1. The van der Waals surface area contributed by atoms with Crippen molar-refractivity contribution in [3.63, 3.8) is 0 Å². The Labute approximate surface area is 179 Å². The molecule has 7 heteroatoms. The minimum atomic E-state index is -0.262. The van der Waals surface area contributed by atoms with Crippen LogP contribution in [-0.2, 0) is 5.75 Å². The van der Waals surface area contributed by atoms with Gasteiger partial charge in [0, 0.05) is 24.6 Å². The Kier molecular flexibility index (Phi) is 6.20. The molecule has 2 aromatic heterocycles. The Bertz CT molecular complexity index is 1030. The van der Waals surface area contributed by atoms with Crippen LogP contribution in [0.4, 0.5) is 0 Å². The van der Waals surface area contributed by atoms with E-state index < -0.39 is 0 Å². The number of pyridine rings is 1. The molecule has 6 nitrogen and oxygen atoms in total. The van der Waals surface area contributed by atoms with Crippen molar-refractivity contribution in [2.45, 2.75) is 17.0 Å². The van der Waals surface area contributed by atoms with Gasteiger partial charge in [-0.2, -0.15) is 5.10 Å². The summed E-state index contributed by atoms with van der Waals surface area (Å²) in [6.45, 7) is 0. The van der Waals surface area contributed by atoms with Gasteiger partial charge in [-0.3, -0.25) is 14.9 Å². The van der Waals surface area contributed by atoms with Gasteiger partial charge in [0.05, 0.1) is 11.7 Å². The Morgan fingerprint density at radius 2 is 1.77 bits per heavy atom. The van der Waals surface area contributed by atoms with Gasteiger partial charge in [-0.1, -0.05) is 60.3 Å². The molecular formula is C23H21N5OS. The molecule has 0 bridgehead atoms. The van der Waals surface area contributed by atoms with Crippen molar-refractivity contribution < 1.29 is 4.79 Å². The fourth-order valence-electron chi connectivity index (χ4n) is 3.25. The molecule has 4 aromatic rings. The van der Waals surface area contributed by atoms with Crippen LogP contribution in [0.2, 0.25) is 0 Å². The van der Waals surface area contributed by atoms with Gasteiger partial charge in [0.25, 0.3) is 5.91 Å². The average molecular weight is 416 g/mol. The van der Waals surface area contributed by atoms with Crippen molar-refractivity contribution in [2.75, 3.05) is 7.05 Å². The lowest BCUT2D eigenvalue weighted by Gasteiger charge is -2.28. The van der Waals surface area contributed by atoms with E-state index in [1.54, 1.807) is 22.9 Å². The van der Waals surface area contributed by atoms with Gasteiger partial charge in [-0.15, -0.1) is 0 Å².